The van der Waals surface area contributed by atoms with Gasteiger partial charge in [-0.25, -0.2) is 4.79 Å². The SMILES string of the molecule is COCCCN(C[C@]1(O)CC[C@H]2[C@]34C=C[C@@]5(C=C3C(=O)c3ccc(OC)cc3)CC(O)CC[C@]5(C)[C@H]4CC[C@@]21C)C(=O)Nc1ccc(OC)cc1. The zero-order chi connectivity index (χ0) is 36.2. The van der Waals surface area contributed by atoms with Crippen LogP contribution in [0.25, 0.3) is 0 Å². The summed E-state index contributed by atoms with van der Waals surface area (Å²) in [4.78, 5) is 30.5. The van der Waals surface area contributed by atoms with Gasteiger partial charge in [-0.3, -0.25) is 4.79 Å². The molecule has 0 radical (unpaired) electrons. The Morgan fingerprint density at radius 3 is 2.16 bits per heavy atom. The summed E-state index contributed by atoms with van der Waals surface area (Å²) in [5.41, 5.74) is -0.804. The van der Waals surface area contributed by atoms with Crippen molar-refractivity contribution in [1.82, 2.24) is 4.90 Å². The standard InChI is InChI=1S/C42H54N2O7/c1-38-18-15-30(45)25-40(38)21-22-42(33(26-40)36(46)28-7-11-31(50-4)12-8-28)34(38)16-19-39(2)35(42)17-20-41(39,48)27-44(23-6-24-49-3)37(47)43-29-9-13-32(51-5)14-10-29/h7-14,21-22,26,30,34-35,45,48H,6,15-20,23-25,27H2,1-5H3,(H,43,47)/t30?,34-,35-,38-,39+,40+,41-,42-/m1/s1. The van der Waals surface area contributed by atoms with Crippen LogP contribution in [0, 0.1) is 33.5 Å². The number of urea groups is 1. The maximum atomic E-state index is 14.8. The van der Waals surface area contributed by atoms with Gasteiger partial charge in [-0.05, 0) is 117 Å². The van der Waals surface area contributed by atoms with Gasteiger partial charge in [0.25, 0.3) is 0 Å². The minimum Gasteiger partial charge on any atom is -0.497 e. The summed E-state index contributed by atoms with van der Waals surface area (Å²) in [7, 11) is 4.88. The molecule has 0 saturated heterocycles. The number of nitrogens with zero attached hydrogens (tertiary/aromatic N) is 1. The summed E-state index contributed by atoms with van der Waals surface area (Å²) in [5, 5.41) is 27.0. The number of benzene rings is 2. The maximum Gasteiger partial charge on any atom is 0.321 e. The largest absolute Gasteiger partial charge is 0.497 e. The Labute approximate surface area is 302 Å². The molecule has 1 unspecified atom stereocenters. The van der Waals surface area contributed by atoms with Gasteiger partial charge in [-0.15, -0.1) is 0 Å². The highest BCUT2D eigenvalue weighted by Gasteiger charge is 2.74. The summed E-state index contributed by atoms with van der Waals surface area (Å²) in [6.07, 6.45) is 12.2. The Morgan fingerprint density at radius 1 is 0.863 bits per heavy atom. The molecule has 3 saturated carbocycles. The zero-order valence-electron chi connectivity index (χ0n) is 30.7. The highest BCUT2D eigenvalue weighted by molar-refractivity contribution is 6.10. The number of fused-ring (bicyclic) bond motifs is 1. The fourth-order valence-electron chi connectivity index (χ4n) is 11.3. The van der Waals surface area contributed by atoms with Crippen molar-refractivity contribution in [3.05, 3.63) is 77.9 Å². The van der Waals surface area contributed by atoms with Crippen molar-refractivity contribution in [3.63, 3.8) is 0 Å². The summed E-state index contributed by atoms with van der Waals surface area (Å²) in [5.74, 6) is 1.56. The molecular weight excluding hydrogens is 644 g/mol. The van der Waals surface area contributed by atoms with Crippen LogP contribution in [0.3, 0.4) is 0 Å². The second-order valence-corrected chi connectivity index (χ2v) is 16.3. The van der Waals surface area contributed by atoms with Crippen LogP contribution in [0.15, 0.2) is 72.3 Å². The number of methoxy groups -OCH3 is 3. The first-order valence-corrected chi connectivity index (χ1v) is 18.6. The van der Waals surface area contributed by atoms with E-state index in [2.05, 4.69) is 37.4 Å². The Morgan fingerprint density at radius 2 is 1.49 bits per heavy atom. The van der Waals surface area contributed by atoms with Gasteiger partial charge in [0.1, 0.15) is 11.5 Å². The molecule has 51 heavy (non-hydrogen) atoms. The molecule has 8 rings (SSSR count). The molecule has 9 heteroatoms. The van der Waals surface area contributed by atoms with E-state index in [1.54, 1.807) is 38.4 Å². The van der Waals surface area contributed by atoms with E-state index >= 15 is 0 Å². The Hall–Kier alpha value is -3.66. The minimum atomic E-state index is -1.18. The van der Waals surface area contributed by atoms with Crippen molar-refractivity contribution < 1.29 is 34.0 Å². The van der Waals surface area contributed by atoms with Crippen molar-refractivity contribution in [1.29, 1.82) is 0 Å². The van der Waals surface area contributed by atoms with Gasteiger partial charge >= 0.3 is 6.03 Å². The number of allylic oxidation sites excluding steroid dienone is 4. The number of hydrogen-bond donors (Lipinski definition) is 3. The number of nitrogens with one attached hydrogen (secondary N) is 1. The quantitative estimate of drug-likeness (QED) is 0.131. The first kappa shape index (κ1) is 35.7. The van der Waals surface area contributed by atoms with E-state index in [0.717, 1.165) is 37.7 Å². The fourth-order valence-corrected chi connectivity index (χ4v) is 11.3. The number of aliphatic hydroxyl groups excluding tert-OH is 1. The number of anilines is 1. The van der Waals surface area contributed by atoms with Crippen LogP contribution < -0.4 is 14.8 Å². The van der Waals surface area contributed by atoms with E-state index in [1.807, 2.05) is 36.4 Å². The Bertz CT molecular complexity index is 1710. The fraction of sp³-hybridized carbons (Fsp3) is 0.571. The van der Waals surface area contributed by atoms with Gasteiger partial charge in [0, 0.05) is 53.3 Å². The van der Waals surface area contributed by atoms with Crippen LogP contribution in [0.5, 0.6) is 11.5 Å². The van der Waals surface area contributed by atoms with Gasteiger partial charge in [0.05, 0.1) is 32.5 Å². The predicted octanol–water partition coefficient (Wildman–Crippen LogP) is 7.05. The second-order valence-electron chi connectivity index (χ2n) is 16.3. The summed E-state index contributed by atoms with van der Waals surface area (Å²) in [6, 6.07) is 14.3. The highest BCUT2D eigenvalue weighted by atomic mass is 16.5. The van der Waals surface area contributed by atoms with E-state index in [1.165, 1.54) is 0 Å². The molecule has 274 valence electrons. The molecule has 2 bridgehead atoms. The van der Waals surface area contributed by atoms with Gasteiger partial charge in [0.15, 0.2) is 5.78 Å². The third-order valence-corrected chi connectivity index (χ3v) is 14.2. The first-order valence-electron chi connectivity index (χ1n) is 18.6. The van der Waals surface area contributed by atoms with E-state index in [-0.39, 0.29) is 35.6 Å². The van der Waals surface area contributed by atoms with Crippen LogP contribution in [-0.4, -0.2) is 79.7 Å². The number of amides is 2. The lowest BCUT2D eigenvalue weighted by Crippen LogP contribution is -2.67. The van der Waals surface area contributed by atoms with Gasteiger partial charge < -0.3 is 34.6 Å². The van der Waals surface area contributed by atoms with Crippen molar-refractivity contribution >= 4 is 17.5 Å². The van der Waals surface area contributed by atoms with E-state index in [4.69, 9.17) is 14.2 Å². The smallest absolute Gasteiger partial charge is 0.321 e. The zero-order valence-corrected chi connectivity index (χ0v) is 30.7. The molecule has 3 N–H and O–H groups in total. The highest BCUT2D eigenvalue weighted by Crippen LogP contribution is 2.78. The van der Waals surface area contributed by atoms with Crippen LogP contribution in [-0.2, 0) is 4.74 Å². The lowest BCUT2D eigenvalue weighted by Gasteiger charge is -2.71. The summed E-state index contributed by atoms with van der Waals surface area (Å²) < 4.78 is 16.0. The lowest BCUT2D eigenvalue weighted by molar-refractivity contribution is -0.174. The van der Waals surface area contributed by atoms with E-state index in [0.29, 0.717) is 55.2 Å². The Balaban J connectivity index is 1.25. The van der Waals surface area contributed by atoms with Crippen molar-refractivity contribution in [2.45, 2.75) is 76.9 Å². The molecular formula is C42H54N2O7. The van der Waals surface area contributed by atoms with Gasteiger partial charge in [-0.1, -0.05) is 32.1 Å². The average molecular weight is 699 g/mol. The molecule has 0 aliphatic heterocycles. The Kier molecular flexibility index (Phi) is 9.16. The van der Waals surface area contributed by atoms with E-state index < -0.39 is 27.9 Å². The topological polar surface area (TPSA) is 118 Å². The van der Waals surface area contributed by atoms with Crippen LogP contribution >= 0.6 is 0 Å². The van der Waals surface area contributed by atoms with Gasteiger partial charge in [0.2, 0.25) is 0 Å². The number of ketones is 1. The number of carbonyl (C=O) groups excluding carboxylic acids is 2. The van der Waals surface area contributed by atoms with Crippen LogP contribution in [0.4, 0.5) is 10.5 Å². The minimum absolute atomic E-state index is 0.00763. The van der Waals surface area contributed by atoms with Crippen LogP contribution in [0.1, 0.15) is 75.6 Å². The third-order valence-electron chi connectivity index (χ3n) is 14.2. The molecule has 2 aromatic rings. The van der Waals surface area contributed by atoms with Crippen molar-refractivity contribution in [2.75, 3.05) is 46.3 Å². The monoisotopic (exact) mass is 698 g/mol. The number of ether oxygens (including phenoxy) is 3. The molecule has 6 aliphatic rings. The molecule has 6 aliphatic carbocycles. The number of aliphatic hydroxyl groups is 2. The molecule has 2 spiro atoms. The van der Waals surface area contributed by atoms with Crippen molar-refractivity contribution in [3.8, 4) is 11.5 Å². The number of Topliss-reactive ketones (excluding diaryl/α,β-unsaturated/α-hetero) is 1. The molecule has 3 fully saturated rings. The molecule has 2 aromatic carbocycles. The second kappa shape index (κ2) is 13.1. The molecule has 8 atom stereocenters. The molecule has 9 nitrogen and oxygen atoms in total. The summed E-state index contributed by atoms with van der Waals surface area (Å²) >= 11 is 0. The normalized spacial score (nSPS) is 36.0. The molecule has 0 heterocycles. The predicted molar refractivity (Wildman–Crippen MR) is 196 cm³/mol. The first-order chi connectivity index (χ1) is 24.4. The van der Waals surface area contributed by atoms with Crippen LogP contribution in [0.2, 0.25) is 0 Å². The van der Waals surface area contributed by atoms with Crippen molar-refractivity contribution in [2.24, 2.45) is 33.5 Å². The molecule has 2 amide bonds. The van der Waals surface area contributed by atoms with Gasteiger partial charge in [-0.2, -0.15) is 0 Å². The summed E-state index contributed by atoms with van der Waals surface area (Å²) in [6.45, 7) is 5.69. The number of hydrogen-bond acceptors (Lipinski definition) is 7. The number of carbonyl (C=O) groups is 2. The number of rotatable bonds is 11. The third kappa shape index (κ3) is 5.45. The average Bonchev–Trinajstić information content (AvgIpc) is 3.41. The van der Waals surface area contributed by atoms with E-state index in [9.17, 15) is 19.8 Å². The molecule has 0 aromatic heterocycles. The lowest BCUT2D eigenvalue weighted by atomic mass is 9.32. The maximum absolute atomic E-state index is 14.8.